The molecule has 0 saturated heterocycles. The van der Waals surface area contributed by atoms with Gasteiger partial charge in [-0.1, -0.05) is 17.7 Å². The highest BCUT2D eigenvalue weighted by Crippen LogP contribution is 2.23. The van der Waals surface area contributed by atoms with Gasteiger partial charge in [-0.2, -0.15) is 5.26 Å². The Balaban J connectivity index is 2.91. The third-order valence-corrected chi connectivity index (χ3v) is 2.70. The Kier molecular flexibility index (Phi) is 5.11. The summed E-state index contributed by atoms with van der Waals surface area (Å²) in [5.41, 5.74) is 1.86. The summed E-state index contributed by atoms with van der Waals surface area (Å²) in [4.78, 5) is 0. The van der Waals surface area contributed by atoms with Crippen molar-refractivity contribution in [1.29, 1.82) is 5.26 Å². The molecular formula is C13H18N2O2. The average Bonchev–Trinajstić information content (AvgIpc) is 2.34. The number of rotatable bonds is 5. The number of nitriles is 1. The van der Waals surface area contributed by atoms with Crippen LogP contribution in [0.2, 0.25) is 0 Å². The molecule has 0 bridgehead atoms. The molecule has 0 fully saturated rings. The number of hydrogen-bond donors (Lipinski definition) is 3. The van der Waals surface area contributed by atoms with Crippen molar-refractivity contribution in [3.63, 3.8) is 0 Å². The lowest BCUT2D eigenvalue weighted by Gasteiger charge is -2.19. The molecule has 17 heavy (non-hydrogen) atoms. The Hall–Kier alpha value is -1.41. The molecule has 0 spiro atoms. The van der Waals surface area contributed by atoms with Gasteiger partial charge in [-0.15, -0.1) is 0 Å². The number of benzene rings is 1. The van der Waals surface area contributed by atoms with Gasteiger partial charge in [-0.05, 0) is 33.0 Å². The highest BCUT2D eigenvalue weighted by Gasteiger charge is 2.20. The van der Waals surface area contributed by atoms with E-state index < -0.39 is 12.2 Å². The van der Waals surface area contributed by atoms with Crippen molar-refractivity contribution in [2.24, 2.45) is 0 Å². The number of aliphatic hydroxyl groups excluding tert-OH is 2. The molecule has 0 aliphatic rings. The van der Waals surface area contributed by atoms with E-state index in [-0.39, 0.29) is 0 Å². The van der Waals surface area contributed by atoms with Crippen LogP contribution in [0.25, 0.3) is 0 Å². The van der Waals surface area contributed by atoms with E-state index in [1.807, 2.05) is 19.1 Å². The normalized spacial score (nSPS) is 14.1. The van der Waals surface area contributed by atoms with Crippen LogP contribution in [-0.2, 0) is 0 Å². The maximum atomic E-state index is 10.0. The van der Waals surface area contributed by atoms with Gasteiger partial charge in [-0.3, -0.25) is 0 Å². The quantitative estimate of drug-likeness (QED) is 0.706. The molecule has 0 aliphatic heterocycles. The fraction of sp³-hybridized carbons (Fsp3) is 0.462. The Morgan fingerprint density at radius 2 is 2.12 bits per heavy atom. The van der Waals surface area contributed by atoms with Crippen LogP contribution in [0.3, 0.4) is 0 Å². The van der Waals surface area contributed by atoms with E-state index in [0.717, 1.165) is 5.56 Å². The van der Waals surface area contributed by atoms with Gasteiger partial charge in [0.05, 0.1) is 17.7 Å². The van der Waals surface area contributed by atoms with E-state index >= 15 is 0 Å². The van der Waals surface area contributed by atoms with Gasteiger partial charge in [0.2, 0.25) is 0 Å². The van der Waals surface area contributed by atoms with Crippen molar-refractivity contribution in [1.82, 2.24) is 5.32 Å². The monoisotopic (exact) mass is 234 g/mol. The van der Waals surface area contributed by atoms with Gasteiger partial charge < -0.3 is 15.5 Å². The Morgan fingerprint density at radius 1 is 1.41 bits per heavy atom. The molecule has 92 valence electrons. The molecule has 0 aliphatic carbocycles. The number of aliphatic hydroxyl groups is 2. The maximum Gasteiger partial charge on any atom is 0.106 e. The zero-order valence-electron chi connectivity index (χ0n) is 10.1. The minimum atomic E-state index is -1.02. The van der Waals surface area contributed by atoms with Crippen LogP contribution in [0.15, 0.2) is 18.2 Å². The third-order valence-electron chi connectivity index (χ3n) is 2.70. The first kappa shape index (κ1) is 13.7. The third kappa shape index (κ3) is 3.53. The molecule has 1 aromatic rings. The summed E-state index contributed by atoms with van der Waals surface area (Å²) in [6, 6.07) is 7.25. The lowest BCUT2D eigenvalue weighted by Crippen LogP contribution is -2.24. The first-order chi connectivity index (χ1) is 8.10. The lowest BCUT2D eigenvalue weighted by atomic mass is 9.96. The van der Waals surface area contributed by atoms with Crippen LogP contribution in [0.5, 0.6) is 0 Å². The number of aryl methyl sites for hydroxylation is 1. The second kappa shape index (κ2) is 6.36. The highest BCUT2D eigenvalue weighted by molar-refractivity contribution is 5.41. The largest absolute Gasteiger partial charge is 0.390 e. The van der Waals surface area contributed by atoms with Gasteiger partial charge in [0.15, 0.2) is 0 Å². The first-order valence-electron chi connectivity index (χ1n) is 5.61. The van der Waals surface area contributed by atoms with Crippen molar-refractivity contribution in [3.05, 3.63) is 34.9 Å². The van der Waals surface area contributed by atoms with Crippen LogP contribution in [-0.4, -0.2) is 29.9 Å². The zero-order valence-corrected chi connectivity index (χ0v) is 10.1. The second-order valence-corrected chi connectivity index (χ2v) is 4.11. The van der Waals surface area contributed by atoms with E-state index in [0.29, 0.717) is 24.1 Å². The maximum absolute atomic E-state index is 10.0. The average molecular weight is 234 g/mol. The van der Waals surface area contributed by atoms with Gasteiger partial charge in [0.25, 0.3) is 0 Å². The van der Waals surface area contributed by atoms with E-state index in [1.54, 1.807) is 19.2 Å². The molecule has 4 nitrogen and oxygen atoms in total. The molecule has 1 aromatic carbocycles. The van der Waals surface area contributed by atoms with Crippen LogP contribution in [0, 0.1) is 18.3 Å². The molecule has 2 unspecified atom stereocenters. The Bertz CT molecular complexity index is 412. The fourth-order valence-electron chi connectivity index (χ4n) is 1.69. The van der Waals surface area contributed by atoms with Crippen molar-refractivity contribution < 1.29 is 10.2 Å². The number of nitrogens with one attached hydrogen (secondary N) is 1. The summed E-state index contributed by atoms with van der Waals surface area (Å²) in [7, 11) is 1.78. The first-order valence-corrected chi connectivity index (χ1v) is 5.61. The molecule has 4 heteroatoms. The molecule has 1 rings (SSSR count). The van der Waals surface area contributed by atoms with Gasteiger partial charge >= 0.3 is 0 Å². The topological polar surface area (TPSA) is 76.3 Å². The molecule has 3 N–H and O–H groups in total. The summed E-state index contributed by atoms with van der Waals surface area (Å²) in [6.07, 6.45) is -1.44. The predicted octanol–water partition coefficient (Wildman–Crippen LogP) is 0.871. The standard InChI is InChI=1S/C13H18N2O2/c1-9-3-4-10(8-14)11(7-9)13(17)12(16)5-6-15-2/h3-4,7,12-13,15-17H,5-6H2,1-2H3. The van der Waals surface area contributed by atoms with E-state index in [4.69, 9.17) is 5.26 Å². The van der Waals surface area contributed by atoms with Crippen molar-refractivity contribution in [3.8, 4) is 6.07 Å². The Labute approximate surface area is 102 Å². The highest BCUT2D eigenvalue weighted by atomic mass is 16.3. The SMILES string of the molecule is CNCCC(O)C(O)c1cc(C)ccc1C#N. The second-order valence-electron chi connectivity index (χ2n) is 4.11. The van der Waals surface area contributed by atoms with Crippen molar-refractivity contribution >= 4 is 0 Å². The summed E-state index contributed by atoms with van der Waals surface area (Å²) >= 11 is 0. The van der Waals surface area contributed by atoms with E-state index in [9.17, 15) is 10.2 Å². The predicted molar refractivity (Wildman–Crippen MR) is 65.4 cm³/mol. The van der Waals surface area contributed by atoms with Crippen LogP contribution >= 0.6 is 0 Å². The Morgan fingerprint density at radius 3 is 2.71 bits per heavy atom. The van der Waals surface area contributed by atoms with Crippen LogP contribution in [0.1, 0.15) is 29.2 Å². The summed E-state index contributed by atoms with van der Waals surface area (Å²) in [6.45, 7) is 2.50. The summed E-state index contributed by atoms with van der Waals surface area (Å²) in [5.74, 6) is 0. The molecule has 0 amide bonds. The van der Waals surface area contributed by atoms with Gasteiger partial charge in [-0.25, -0.2) is 0 Å². The number of hydrogen-bond acceptors (Lipinski definition) is 4. The molecule has 0 heterocycles. The van der Waals surface area contributed by atoms with E-state index in [1.165, 1.54) is 0 Å². The summed E-state index contributed by atoms with van der Waals surface area (Å²) < 4.78 is 0. The number of nitrogens with zero attached hydrogens (tertiary/aromatic N) is 1. The smallest absolute Gasteiger partial charge is 0.106 e. The van der Waals surface area contributed by atoms with Crippen molar-refractivity contribution in [2.45, 2.75) is 25.6 Å². The molecule has 0 saturated carbocycles. The van der Waals surface area contributed by atoms with Crippen LogP contribution in [0.4, 0.5) is 0 Å². The minimum absolute atomic E-state index is 0.409. The van der Waals surface area contributed by atoms with E-state index in [2.05, 4.69) is 5.32 Å². The molecule has 0 radical (unpaired) electrons. The molecule has 0 aromatic heterocycles. The fourth-order valence-corrected chi connectivity index (χ4v) is 1.69. The molecule has 2 atom stereocenters. The zero-order chi connectivity index (χ0) is 12.8. The summed E-state index contributed by atoms with van der Waals surface area (Å²) in [5, 5.41) is 31.7. The van der Waals surface area contributed by atoms with Crippen LogP contribution < -0.4 is 5.32 Å². The van der Waals surface area contributed by atoms with Gasteiger partial charge in [0.1, 0.15) is 6.10 Å². The molecular weight excluding hydrogens is 216 g/mol. The van der Waals surface area contributed by atoms with Gasteiger partial charge in [0, 0.05) is 5.56 Å². The van der Waals surface area contributed by atoms with Crippen molar-refractivity contribution in [2.75, 3.05) is 13.6 Å². The minimum Gasteiger partial charge on any atom is -0.390 e. The lowest BCUT2D eigenvalue weighted by molar-refractivity contribution is 0.0138.